The third-order valence-electron chi connectivity index (χ3n) is 4.15. The molecule has 1 fully saturated rings. The van der Waals surface area contributed by atoms with Gasteiger partial charge in [0.1, 0.15) is 5.75 Å². The average Bonchev–Trinajstić information content (AvgIpc) is 2.58. The second-order valence-corrected chi connectivity index (χ2v) is 6.23. The lowest BCUT2D eigenvalue weighted by atomic mass is 9.96. The van der Waals surface area contributed by atoms with Crippen LogP contribution in [0.5, 0.6) is 5.75 Å². The van der Waals surface area contributed by atoms with Crippen molar-refractivity contribution >= 4 is 11.6 Å². The number of halogens is 4. The largest absolute Gasteiger partial charge is 0.573 e. The van der Waals surface area contributed by atoms with Crippen LogP contribution in [0.2, 0.25) is 5.02 Å². The molecule has 0 spiro atoms. The smallest absolute Gasteiger partial charge is 0.406 e. The second kappa shape index (κ2) is 7.64. The maximum atomic E-state index is 12.4. The fraction of sp³-hybridized carbons (Fsp3) is 0.333. The van der Waals surface area contributed by atoms with Crippen LogP contribution in [0.1, 0.15) is 17.2 Å². The van der Waals surface area contributed by atoms with Crippen molar-refractivity contribution in [2.75, 3.05) is 26.2 Å². The molecular weight excluding hydrogens is 353 g/mol. The van der Waals surface area contributed by atoms with E-state index in [0.717, 1.165) is 37.3 Å². The number of nitrogens with one attached hydrogen (secondary N) is 1. The zero-order valence-corrected chi connectivity index (χ0v) is 14.1. The summed E-state index contributed by atoms with van der Waals surface area (Å²) in [5, 5.41) is 3.94. The zero-order chi connectivity index (χ0) is 17.9. The van der Waals surface area contributed by atoms with E-state index in [1.165, 1.54) is 12.1 Å². The molecule has 134 valence electrons. The van der Waals surface area contributed by atoms with Crippen molar-refractivity contribution in [2.45, 2.75) is 12.4 Å². The van der Waals surface area contributed by atoms with Crippen LogP contribution in [0.25, 0.3) is 0 Å². The van der Waals surface area contributed by atoms with E-state index in [0.29, 0.717) is 5.02 Å². The Kier molecular flexibility index (Phi) is 5.51. The molecule has 25 heavy (non-hydrogen) atoms. The monoisotopic (exact) mass is 370 g/mol. The molecule has 0 unspecified atom stereocenters. The molecule has 0 aromatic heterocycles. The Bertz CT molecular complexity index is 700. The van der Waals surface area contributed by atoms with Crippen LogP contribution in [0, 0.1) is 0 Å². The minimum atomic E-state index is -4.69. The molecule has 7 heteroatoms. The standard InChI is InChI=1S/C18H18ClF3N2O/c19-16-4-2-1-3-15(16)17(24-11-9-23-10-12-24)13-5-7-14(8-6-13)25-18(20,21)22/h1-8,17,23H,9-12H2/t17-/m0/s1. The highest BCUT2D eigenvalue weighted by molar-refractivity contribution is 6.31. The van der Waals surface area contributed by atoms with Gasteiger partial charge in [-0.05, 0) is 29.3 Å². The number of ether oxygens (including phenoxy) is 1. The summed E-state index contributed by atoms with van der Waals surface area (Å²) in [6, 6.07) is 13.5. The van der Waals surface area contributed by atoms with Crippen molar-refractivity contribution < 1.29 is 17.9 Å². The maximum absolute atomic E-state index is 12.4. The van der Waals surface area contributed by atoms with E-state index in [1.54, 1.807) is 12.1 Å². The van der Waals surface area contributed by atoms with Gasteiger partial charge >= 0.3 is 6.36 Å². The highest BCUT2D eigenvalue weighted by atomic mass is 35.5. The van der Waals surface area contributed by atoms with Crippen molar-refractivity contribution in [3.63, 3.8) is 0 Å². The molecule has 1 aliphatic heterocycles. The van der Waals surface area contributed by atoms with E-state index < -0.39 is 6.36 Å². The summed E-state index contributed by atoms with van der Waals surface area (Å²) in [6.45, 7) is 3.37. The Labute approximate surface area is 149 Å². The molecule has 1 N–H and O–H groups in total. The van der Waals surface area contributed by atoms with Crippen LogP contribution in [0.15, 0.2) is 48.5 Å². The van der Waals surface area contributed by atoms with Gasteiger partial charge in [0.2, 0.25) is 0 Å². The maximum Gasteiger partial charge on any atom is 0.573 e. The van der Waals surface area contributed by atoms with Gasteiger partial charge in [0, 0.05) is 31.2 Å². The number of alkyl halides is 3. The van der Waals surface area contributed by atoms with E-state index in [-0.39, 0.29) is 11.8 Å². The fourth-order valence-corrected chi connectivity index (χ4v) is 3.32. The third kappa shape index (κ3) is 4.66. The van der Waals surface area contributed by atoms with Crippen LogP contribution < -0.4 is 10.1 Å². The lowest BCUT2D eigenvalue weighted by Crippen LogP contribution is -2.45. The molecule has 1 heterocycles. The molecule has 0 radical (unpaired) electrons. The van der Waals surface area contributed by atoms with Crippen molar-refractivity contribution in [1.29, 1.82) is 0 Å². The van der Waals surface area contributed by atoms with E-state index in [1.807, 2.05) is 24.3 Å². The SMILES string of the molecule is FC(F)(F)Oc1ccc([C@@H](c2ccccc2Cl)N2CCNCC2)cc1. The first-order valence-electron chi connectivity index (χ1n) is 7.99. The lowest BCUT2D eigenvalue weighted by molar-refractivity contribution is -0.274. The summed E-state index contributed by atoms with van der Waals surface area (Å²) < 4.78 is 41.0. The van der Waals surface area contributed by atoms with E-state index in [4.69, 9.17) is 11.6 Å². The molecule has 1 atom stereocenters. The van der Waals surface area contributed by atoms with Crippen LogP contribution in [0.4, 0.5) is 13.2 Å². The van der Waals surface area contributed by atoms with Gasteiger partial charge in [-0.25, -0.2) is 0 Å². The normalized spacial score (nSPS) is 17.3. The molecule has 3 nitrogen and oxygen atoms in total. The van der Waals surface area contributed by atoms with Gasteiger partial charge in [0.15, 0.2) is 0 Å². The first kappa shape index (κ1) is 18.0. The summed E-state index contributed by atoms with van der Waals surface area (Å²) in [6.07, 6.45) is -4.69. The van der Waals surface area contributed by atoms with Crippen molar-refractivity contribution in [2.24, 2.45) is 0 Å². The molecule has 0 aliphatic carbocycles. The first-order valence-corrected chi connectivity index (χ1v) is 8.37. The first-order chi connectivity index (χ1) is 11.9. The molecule has 3 rings (SSSR count). The Morgan fingerprint density at radius 1 is 1.00 bits per heavy atom. The fourth-order valence-electron chi connectivity index (χ4n) is 3.08. The Morgan fingerprint density at radius 2 is 1.64 bits per heavy atom. The van der Waals surface area contributed by atoms with Crippen molar-refractivity contribution in [1.82, 2.24) is 10.2 Å². The van der Waals surface area contributed by atoms with Gasteiger partial charge < -0.3 is 10.1 Å². The van der Waals surface area contributed by atoms with Crippen LogP contribution in [-0.4, -0.2) is 37.4 Å². The Hall–Kier alpha value is -1.76. The van der Waals surface area contributed by atoms with Crippen LogP contribution in [-0.2, 0) is 0 Å². The molecule has 1 aliphatic rings. The van der Waals surface area contributed by atoms with Gasteiger partial charge in [-0.3, -0.25) is 4.90 Å². The number of nitrogens with zero attached hydrogens (tertiary/aromatic N) is 1. The molecule has 0 saturated carbocycles. The number of piperazine rings is 1. The minimum Gasteiger partial charge on any atom is -0.406 e. The predicted molar refractivity (Wildman–Crippen MR) is 90.9 cm³/mol. The number of rotatable bonds is 4. The molecular formula is C18H18ClF3N2O. The topological polar surface area (TPSA) is 24.5 Å². The lowest BCUT2D eigenvalue weighted by Gasteiger charge is -2.36. The Balaban J connectivity index is 1.93. The van der Waals surface area contributed by atoms with Gasteiger partial charge in [0.25, 0.3) is 0 Å². The van der Waals surface area contributed by atoms with Crippen molar-refractivity contribution in [3.8, 4) is 5.75 Å². The number of hydrogen-bond donors (Lipinski definition) is 1. The van der Waals surface area contributed by atoms with Crippen LogP contribution in [0.3, 0.4) is 0 Å². The summed E-state index contributed by atoms with van der Waals surface area (Å²) in [7, 11) is 0. The zero-order valence-electron chi connectivity index (χ0n) is 13.4. The highest BCUT2D eigenvalue weighted by Gasteiger charge is 2.31. The van der Waals surface area contributed by atoms with Gasteiger partial charge in [-0.1, -0.05) is 41.9 Å². The average molecular weight is 371 g/mol. The summed E-state index contributed by atoms with van der Waals surface area (Å²) in [5.41, 5.74) is 1.82. The number of hydrogen-bond acceptors (Lipinski definition) is 3. The second-order valence-electron chi connectivity index (χ2n) is 5.83. The van der Waals surface area contributed by atoms with Gasteiger partial charge in [0.05, 0.1) is 6.04 Å². The quantitative estimate of drug-likeness (QED) is 0.871. The molecule has 0 bridgehead atoms. The number of benzene rings is 2. The molecule has 2 aromatic rings. The Morgan fingerprint density at radius 3 is 2.24 bits per heavy atom. The molecule has 0 amide bonds. The minimum absolute atomic E-state index is 0.115. The van der Waals surface area contributed by atoms with Crippen LogP contribution >= 0.6 is 11.6 Å². The van der Waals surface area contributed by atoms with Crippen molar-refractivity contribution in [3.05, 3.63) is 64.7 Å². The highest BCUT2D eigenvalue weighted by Crippen LogP contribution is 2.34. The van der Waals surface area contributed by atoms with E-state index >= 15 is 0 Å². The van der Waals surface area contributed by atoms with E-state index in [9.17, 15) is 13.2 Å². The third-order valence-corrected chi connectivity index (χ3v) is 4.49. The summed E-state index contributed by atoms with van der Waals surface area (Å²) >= 11 is 6.39. The molecule has 1 saturated heterocycles. The van der Waals surface area contributed by atoms with E-state index in [2.05, 4.69) is 15.0 Å². The van der Waals surface area contributed by atoms with Gasteiger partial charge in [-0.2, -0.15) is 0 Å². The van der Waals surface area contributed by atoms with Gasteiger partial charge in [-0.15, -0.1) is 13.2 Å². The predicted octanol–water partition coefficient (Wildman–Crippen LogP) is 4.23. The summed E-state index contributed by atoms with van der Waals surface area (Å²) in [5.74, 6) is -0.227. The summed E-state index contributed by atoms with van der Waals surface area (Å²) in [4.78, 5) is 2.28. The molecule has 2 aromatic carbocycles.